The van der Waals surface area contributed by atoms with Crippen LogP contribution in [-0.2, 0) is 43.2 Å². The van der Waals surface area contributed by atoms with Crippen molar-refractivity contribution in [2.24, 2.45) is 0 Å². The summed E-state index contributed by atoms with van der Waals surface area (Å²) in [5.74, 6) is -4.19. The number of thioether (sulfide) groups is 1. The minimum atomic E-state index is -1.22. The van der Waals surface area contributed by atoms with Crippen LogP contribution in [0, 0.1) is 0 Å². The molecule has 5 fully saturated rings. The number of carbonyl (C=O) groups is 9. The molecule has 19 nitrogen and oxygen atoms in total. The second-order valence-corrected chi connectivity index (χ2v) is 15.9. The van der Waals surface area contributed by atoms with Gasteiger partial charge in [-0.2, -0.15) is 11.8 Å². The number of carboxylic acid groups (broad SMARTS) is 1. The third kappa shape index (κ3) is 10.5. The van der Waals surface area contributed by atoms with Crippen molar-refractivity contribution in [3.63, 3.8) is 0 Å². The first-order valence-corrected chi connectivity index (χ1v) is 21.1. The summed E-state index contributed by atoms with van der Waals surface area (Å²) in [4.78, 5) is 123. The van der Waals surface area contributed by atoms with Crippen molar-refractivity contribution >= 4 is 65.0 Å². The van der Waals surface area contributed by atoms with Crippen molar-refractivity contribution in [1.82, 2.24) is 46.2 Å². The van der Waals surface area contributed by atoms with Gasteiger partial charge in [-0.15, -0.1) is 0 Å². The third-order valence-electron chi connectivity index (χ3n) is 11.3. The smallest absolute Gasteiger partial charge is 0.322 e. The van der Waals surface area contributed by atoms with Gasteiger partial charge in [0.05, 0.1) is 19.1 Å². The second-order valence-electron chi connectivity index (χ2n) is 14.9. The van der Waals surface area contributed by atoms with Crippen LogP contribution in [0.25, 0.3) is 0 Å². The maximum atomic E-state index is 13.8. The largest absolute Gasteiger partial charge is 0.480 e. The van der Waals surface area contributed by atoms with Crippen molar-refractivity contribution in [2.45, 2.75) is 107 Å². The number of amides is 8. The van der Waals surface area contributed by atoms with Gasteiger partial charge in [0, 0.05) is 26.2 Å². The molecule has 8 amide bonds. The number of aliphatic carboxylic acids is 1. The molecule has 0 aromatic rings. The number of likely N-dealkylation sites (tertiary alicyclic amines) is 4. The molecule has 0 radical (unpaired) electrons. The molecule has 0 aromatic carbocycles. The van der Waals surface area contributed by atoms with Gasteiger partial charge in [-0.1, -0.05) is 0 Å². The first-order valence-electron chi connectivity index (χ1n) is 19.7. The fourth-order valence-corrected chi connectivity index (χ4v) is 8.85. The van der Waals surface area contributed by atoms with E-state index in [1.807, 2.05) is 6.26 Å². The molecule has 5 aliphatic rings. The Balaban J connectivity index is 1.10. The molecule has 56 heavy (non-hydrogen) atoms. The van der Waals surface area contributed by atoms with Crippen molar-refractivity contribution in [2.75, 3.05) is 64.4 Å². The van der Waals surface area contributed by atoms with Crippen LogP contribution in [0.3, 0.4) is 0 Å². The quantitative estimate of drug-likeness (QED) is 0.0939. The predicted molar refractivity (Wildman–Crippen MR) is 202 cm³/mol. The van der Waals surface area contributed by atoms with Gasteiger partial charge in [0.2, 0.25) is 47.3 Å². The first-order chi connectivity index (χ1) is 26.9. The van der Waals surface area contributed by atoms with E-state index in [1.165, 1.54) is 26.5 Å². The molecular weight excluding hydrogens is 751 g/mol. The molecule has 0 aliphatic carbocycles. The molecule has 0 saturated carbocycles. The van der Waals surface area contributed by atoms with Crippen LogP contribution in [0.15, 0.2) is 0 Å². The van der Waals surface area contributed by atoms with E-state index in [0.29, 0.717) is 76.8 Å². The third-order valence-corrected chi connectivity index (χ3v) is 11.9. The van der Waals surface area contributed by atoms with E-state index in [9.17, 15) is 43.2 Å². The summed E-state index contributed by atoms with van der Waals surface area (Å²) < 4.78 is 0. The number of hydrogen-bond donors (Lipinski definition) is 6. The normalized spacial score (nSPS) is 25.2. The highest BCUT2D eigenvalue weighted by Gasteiger charge is 2.43. The number of hydrogen-bond acceptors (Lipinski definition) is 11. The van der Waals surface area contributed by atoms with E-state index >= 15 is 0 Å². The maximum Gasteiger partial charge on any atom is 0.322 e. The van der Waals surface area contributed by atoms with Crippen LogP contribution in [-0.4, -0.2) is 179 Å². The maximum absolute atomic E-state index is 13.8. The Morgan fingerprint density at radius 1 is 0.625 bits per heavy atom. The van der Waals surface area contributed by atoms with Gasteiger partial charge in [-0.25, -0.2) is 0 Å². The highest BCUT2D eigenvalue weighted by atomic mass is 32.2. The highest BCUT2D eigenvalue weighted by molar-refractivity contribution is 7.98. The summed E-state index contributed by atoms with van der Waals surface area (Å²) in [6.45, 7) is 0.810. The number of nitrogens with zero attached hydrogens (tertiary/aromatic N) is 4. The molecule has 0 aromatic heterocycles. The Kier molecular flexibility index (Phi) is 15.3. The van der Waals surface area contributed by atoms with Gasteiger partial charge in [0.25, 0.3) is 0 Å². The van der Waals surface area contributed by atoms with Crippen molar-refractivity contribution in [3.8, 4) is 0 Å². The van der Waals surface area contributed by atoms with Crippen molar-refractivity contribution < 1.29 is 48.3 Å². The van der Waals surface area contributed by atoms with Gasteiger partial charge in [-0.05, 0) is 89.2 Å². The minimum absolute atomic E-state index is 0.0943. The molecule has 5 aliphatic heterocycles. The van der Waals surface area contributed by atoms with E-state index in [1.54, 1.807) is 4.90 Å². The Morgan fingerprint density at radius 2 is 1.12 bits per heavy atom. The predicted octanol–water partition coefficient (Wildman–Crippen LogP) is -2.63. The fraction of sp³-hybridized carbons (Fsp3) is 0.750. The minimum Gasteiger partial charge on any atom is -0.480 e. The van der Waals surface area contributed by atoms with Gasteiger partial charge in [0.15, 0.2) is 0 Å². The molecule has 0 bridgehead atoms. The zero-order chi connectivity index (χ0) is 40.4. The number of carboxylic acids is 1. The summed E-state index contributed by atoms with van der Waals surface area (Å²) in [5, 5.41) is 22.4. The lowest BCUT2D eigenvalue weighted by Gasteiger charge is -2.31. The average Bonchev–Trinajstić information content (AvgIpc) is 4.04. The lowest BCUT2D eigenvalue weighted by atomic mass is 10.1. The summed E-state index contributed by atoms with van der Waals surface area (Å²) in [6.07, 6.45) is 7.70. The fourth-order valence-electron chi connectivity index (χ4n) is 8.38. The lowest BCUT2D eigenvalue weighted by Crippen LogP contribution is -2.56. The molecule has 6 N–H and O–H groups in total. The first kappa shape index (κ1) is 42.7. The molecule has 0 spiro atoms. The Bertz CT molecular complexity index is 1530. The number of nitrogens with one attached hydrogen (secondary N) is 5. The van der Waals surface area contributed by atoms with E-state index in [4.69, 9.17) is 5.11 Å². The van der Waals surface area contributed by atoms with Crippen LogP contribution < -0.4 is 26.6 Å². The Hall–Kier alpha value is -4.46. The van der Waals surface area contributed by atoms with E-state index in [0.717, 1.165) is 19.4 Å². The Labute approximate surface area is 330 Å². The zero-order valence-electron chi connectivity index (χ0n) is 31.9. The van der Waals surface area contributed by atoms with Gasteiger partial charge < -0.3 is 51.3 Å². The van der Waals surface area contributed by atoms with Crippen molar-refractivity contribution in [3.05, 3.63) is 0 Å². The topological polar surface area (TPSA) is 247 Å². The van der Waals surface area contributed by atoms with Crippen LogP contribution in [0.4, 0.5) is 0 Å². The van der Waals surface area contributed by atoms with E-state index in [-0.39, 0.29) is 37.4 Å². The molecule has 310 valence electrons. The van der Waals surface area contributed by atoms with Crippen LogP contribution >= 0.6 is 11.8 Å². The SMILES string of the molecule is CSCC[C@H](NC(=O)[C@@H]1CCCN1C(=O)CNC(=O)[C@@H]1CCCN1C(=O)[C@@H]1CCCN1C(=O)CNC(=O)[C@@H]1CCCN1C(=O)[C@@H]1CCCN1)C(=O)NCC(=O)O. The molecule has 5 heterocycles. The van der Waals surface area contributed by atoms with Gasteiger partial charge in [-0.3, -0.25) is 43.2 Å². The van der Waals surface area contributed by atoms with E-state index < -0.39 is 84.7 Å². The standard InChI is InChI=1S/C36H55N9O10S/c1-56-18-12-22(31(50)40-21-30(48)49)41-34(53)26-10-3-14-42(26)28(46)19-38-33(52)25-9-5-17-45(25)36(55)27-11-6-15-43(27)29(47)20-39-32(51)24-8-4-16-44(24)35(54)23-7-2-13-37-23/h22-27,37H,2-21H2,1H3,(H,38,52)(H,39,51)(H,40,50)(H,41,53)(H,48,49)/t22-,23-,24-,25-,26-,27-/m0/s1. The molecule has 6 atom stereocenters. The van der Waals surface area contributed by atoms with Crippen LogP contribution in [0.1, 0.15) is 70.6 Å². The molecule has 5 saturated heterocycles. The Morgan fingerprint density at radius 3 is 1.64 bits per heavy atom. The van der Waals surface area contributed by atoms with Gasteiger partial charge >= 0.3 is 5.97 Å². The van der Waals surface area contributed by atoms with Crippen LogP contribution in [0.2, 0.25) is 0 Å². The number of rotatable bonds is 16. The molecular formula is C36H55N9O10S. The second kappa shape index (κ2) is 20.1. The van der Waals surface area contributed by atoms with Crippen molar-refractivity contribution in [1.29, 1.82) is 0 Å². The lowest BCUT2D eigenvalue weighted by molar-refractivity contribution is -0.147. The van der Waals surface area contributed by atoms with E-state index in [2.05, 4.69) is 26.6 Å². The number of carbonyl (C=O) groups excluding carboxylic acids is 8. The summed E-state index contributed by atoms with van der Waals surface area (Å²) in [5.41, 5.74) is 0. The summed E-state index contributed by atoms with van der Waals surface area (Å²) >= 11 is 1.46. The van der Waals surface area contributed by atoms with Gasteiger partial charge in [0.1, 0.15) is 36.8 Å². The highest BCUT2D eigenvalue weighted by Crippen LogP contribution is 2.26. The zero-order valence-corrected chi connectivity index (χ0v) is 32.7. The summed E-state index contributed by atoms with van der Waals surface area (Å²) in [6, 6.07) is -4.46. The monoisotopic (exact) mass is 805 g/mol. The average molecular weight is 806 g/mol. The summed E-state index contributed by atoms with van der Waals surface area (Å²) in [7, 11) is 0. The molecule has 5 rings (SSSR count). The molecule has 0 unspecified atom stereocenters. The molecule has 20 heteroatoms. The van der Waals surface area contributed by atoms with Crippen LogP contribution in [0.5, 0.6) is 0 Å².